The lowest BCUT2D eigenvalue weighted by atomic mass is 9.89. The van der Waals surface area contributed by atoms with Crippen molar-refractivity contribution in [2.75, 3.05) is 6.61 Å². The van der Waals surface area contributed by atoms with Gasteiger partial charge in [0.25, 0.3) is 0 Å². The number of benzene rings is 1. The standard InChI is InChI=1S/C22H38O/c1-17(2)19-13-12-14-20(21(19)18(3)4)23-16-11-9-8-10-15-22(5,6)7/h12-14,17-18H,8-11,15-16H2,1-7H3. The molecule has 0 saturated heterocycles. The predicted molar refractivity (Wildman–Crippen MR) is 103 cm³/mol. The summed E-state index contributed by atoms with van der Waals surface area (Å²) in [5.41, 5.74) is 3.30. The van der Waals surface area contributed by atoms with Gasteiger partial charge in [0.05, 0.1) is 6.61 Å². The fraction of sp³-hybridized carbons (Fsp3) is 0.727. The molecule has 0 fully saturated rings. The molecule has 1 aromatic rings. The second kappa shape index (κ2) is 9.35. The van der Waals surface area contributed by atoms with Crippen molar-refractivity contribution >= 4 is 0 Å². The van der Waals surface area contributed by atoms with Crippen LogP contribution in [0.25, 0.3) is 0 Å². The molecule has 0 heterocycles. The Morgan fingerprint density at radius 3 is 2.09 bits per heavy atom. The Hall–Kier alpha value is -0.980. The molecule has 0 aliphatic carbocycles. The van der Waals surface area contributed by atoms with Crippen LogP contribution in [0.4, 0.5) is 0 Å². The quantitative estimate of drug-likeness (QED) is 0.434. The topological polar surface area (TPSA) is 9.23 Å². The maximum atomic E-state index is 6.14. The number of rotatable bonds is 9. The van der Waals surface area contributed by atoms with Crippen LogP contribution in [0.1, 0.15) is 104 Å². The summed E-state index contributed by atoms with van der Waals surface area (Å²) in [4.78, 5) is 0. The molecule has 0 N–H and O–H groups in total. The zero-order valence-corrected chi connectivity index (χ0v) is 16.5. The Kier molecular flexibility index (Phi) is 8.16. The molecule has 0 amide bonds. The van der Waals surface area contributed by atoms with Gasteiger partial charge in [-0.1, -0.05) is 79.9 Å². The van der Waals surface area contributed by atoms with Crippen molar-refractivity contribution in [1.29, 1.82) is 0 Å². The zero-order valence-electron chi connectivity index (χ0n) is 16.5. The Morgan fingerprint density at radius 1 is 0.870 bits per heavy atom. The molecule has 0 bridgehead atoms. The summed E-state index contributed by atoms with van der Waals surface area (Å²) >= 11 is 0. The highest BCUT2D eigenvalue weighted by Crippen LogP contribution is 2.34. The van der Waals surface area contributed by atoms with E-state index in [0.717, 1.165) is 18.8 Å². The highest BCUT2D eigenvalue weighted by Gasteiger charge is 2.15. The third-order valence-corrected chi connectivity index (χ3v) is 4.38. The Morgan fingerprint density at radius 2 is 1.52 bits per heavy atom. The van der Waals surface area contributed by atoms with Crippen molar-refractivity contribution < 1.29 is 4.74 Å². The molecule has 132 valence electrons. The van der Waals surface area contributed by atoms with Crippen LogP contribution in [0.3, 0.4) is 0 Å². The number of hydrogen-bond donors (Lipinski definition) is 0. The van der Waals surface area contributed by atoms with Gasteiger partial charge in [0.1, 0.15) is 5.75 Å². The minimum atomic E-state index is 0.472. The van der Waals surface area contributed by atoms with Crippen molar-refractivity contribution in [3.8, 4) is 5.75 Å². The van der Waals surface area contributed by atoms with Crippen molar-refractivity contribution in [3.05, 3.63) is 29.3 Å². The maximum absolute atomic E-state index is 6.14. The summed E-state index contributed by atoms with van der Waals surface area (Å²) in [6, 6.07) is 6.53. The molecular formula is C22H38O. The van der Waals surface area contributed by atoms with Gasteiger partial charge in [-0.2, -0.15) is 0 Å². The highest BCUT2D eigenvalue weighted by molar-refractivity contribution is 5.43. The van der Waals surface area contributed by atoms with Crippen molar-refractivity contribution in [2.24, 2.45) is 5.41 Å². The average molecular weight is 319 g/mol. The van der Waals surface area contributed by atoms with E-state index in [1.54, 1.807) is 0 Å². The number of ether oxygens (including phenoxy) is 1. The molecule has 0 aromatic heterocycles. The third-order valence-electron chi connectivity index (χ3n) is 4.38. The first-order chi connectivity index (χ1) is 10.7. The Balaban J connectivity index is 2.45. The lowest BCUT2D eigenvalue weighted by Gasteiger charge is -2.20. The van der Waals surface area contributed by atoms with Gasteiger partial charge in [-0.05, 0) is 41.7 Å². The van der Waals surface area contributed by atoms with Crippen molar-refractivity contribution in [3.63, 3.8) is 0 Å². The van der Waals surface area contributed by atoms with E-state index in [9.17, 15) is 0 Å². The SMILES string of the molecule is CC(C)c1cccc(OCCCCCCC(C)(C)C)c1C(C)C. The maximum Gasteiger partial charge on any atom is 0.123 e. The molecule has 0 atom stereocenters. The summed E-state index contributed by atoms with van der Waals surface area (Å²) < 4.78 is 6.14. The first-order valence-corrected chi connectivity index (χ1v) is 9.48. The van der Waals surface area contributed by atoms with Crippen LogP contribution in [0.15, 0.2) is 18.2 Å². The van der Waals surface area contributed by atoms with E-state index in [-0.39, 0.29) is 0 Å². The fourth-order valence-corrected chi connectivity index (χ4v) is 3.10. The van der Waals surface area contributed by atoms with E-state index >= 15 is 0 Å². The van der Waals surface area contributed by atoms with Crippen LogP contribution in [-0.4, -0.2) is 6.61 Å². The van der Waals surface area contributed by atoms with Gasteiger partial charge in [-0.3, -0.25) is 0 Å². The molecule has 0 unspecified atom stereocenters. The van der Waals surface area contributed by atoms with Gasteiger partial charge in [0.15, 0.2) is 0 Å². The first-order valence-electron chi connectivity index (χ1n) is 9.48. The van der Waals surface area contributed by atoms with Crippen LogP contribution in [0.2, 0.25) is 0 Å². The van der Waals surface area contributed by atoms with Crippen molar-refractivity contribution in [1.82, 2.24) is 0 Å². The van der Waals surface area contributed by atoms with E-state index < -0.39 is 0 Å². The molecule has 23 heavy (non-hydrogen) atoms. The molecule has 1 nitrogen and oxygen atoms in total. The van der Waals surface area contributed by atoms with Gasteiger partial charge in [0.2, 0.25) is 0 Å². The van der Waals surface area contributed by atoms with Crippen LogP contribution < -0.4 is 4.74 Å². The minimum Gasteiger partial charge on any atom is -0.493 e. The molecule has 0 aliphatic rings. The number of hydrogen-bond acceptors (Lipinski definition) is 1. The highest BCUT2D eigenvalue weighted by atomic mass is 16.5. The molecule has 0 aliphatic heterocycles. The number of unbranched alkanes of at least 4 members (excludes halogenated alkanes) is 3. The molecule has 1 aromatic carbocycles. The summed E-state index contributed by atoms with van der Waals surface area (Å²) in [6.45, 7) is 16.9. The van der Waals surface area contributed by atoms with E-state index in [1.165, 1.54) is 36.8 Å². The minimum absolute atomic E-state index is 0.472. The van der Waals surface area contributed by atoms with E-state index in [0.29, 0.717) is 17.3 Å². The largest absolute Gasteiger partial charge is 0.493 e. The second-order valence-corrected chi connectivity index (χ2v) is 8.64. The van der Waals surface area contributed by atoms with Crippen LogP contribution in [-0.2, 0) is 0 Å². The smallest absolute Gasteiger partial charge is 0.123 e. The molecule has 1 rings (SSSR count). The second-order valence-electron chi connectivity index (χ2n) is 8.64. The lowest BCUT2D eigenvalue weighted by molar-refractivity contribution is 0.296. The lowest BCUT2D eigenvalue weighted by Crippen LogP contribution is -2.06. The summed E-state index contributed by atoms with van der Waals surface area (Å²) in [5, 5.41) is 0. The third kappa shape index (κ3) is 7.42. The predicted octanol–water partition coefficient (Wildman–Crippen LogP) is 7.31. The summed E-state index contributed by atoms with van der Waals surface area (Å²) in [7, 11) is 0. The fourth-order valence-electron chi connectivity index (χ4n) is 3.10. The first kappa shape index (κ1) is 20.1. The van der Waals surface area contributed by atoms with E-state index in [2.05, 4.69) is 66.7 Å². The Labute approximate surface area is 144 Å². The summed E-state index contributed by atoms with van der Waals surface area (Å²) in [5.74, 6) is 2.16. The van der Waals surface area contributed by atoms with Crippen LogP contribution in [0, 0.1) is 5.41 Å². The summed E-state index contributed by atoms with van der Waals surface area (Å²) in [6.07, 6.45) is 6.42. The monoisotopic (exact) mass is 318 g/mol. The van der Waals surface area contributed by atoms with Gasteiger partial charge >= 0.3 is 0 Å². The van der Waals surface area contributed by atoms with Crippen molar-refractivity contribution in [2.45, 2.75) is 92.4 Å². The Bertz CT molecular complexity index is 452. The van der Waals surface area contributed by atoms with Gasteiger partial charge in [0, 0.05) is 5.56 Å². The normalized spacial score (nSPS) is 12.2. The van der Waals surface area contributed by atoms with Gasteiger partial charge in [-0.25, -0.2) is 0 Å². The van der Waals surface area contributed by atoms with Crippen LogP contribution in [0.5, 0.6) is 5.75 Å². The molecular weight excluding hydrogens is 280 g/mol. The van der Waals surface area contributed by atoms with Crippen LogP contribution >= 0.6 is 0 Å². The zero-order chi connectivity index (χ0) is 17.5. The molecule has 0 saturated carbocycles. The average Bonchev–Trinajstić information content (AvgIpc) is 2.44. The molecule has 1 heteroatoms. The molecule has 0 radical (unpaired) electrons. The molecule has 0 spiro atoms. The van der Waals surface area contributed by atoms with Gasteiger partial charge < -0.3 is 4.74 Å². The van der Waals surface area contributed by atoms with E-state index in [1.807, 2.05) is 0 Å². The van der Waals surface area contributed by atoms with Gasteiger partial charge in [-0.15, -0.1) is 0 Å². The van der Waals surface area contributed by atoms with E-state index in [4.69, 9.17) is 4.74 Å².